The van der Waals surface area contributed by atoms with E-state index in [0.717, 1.165) is 30.5 Å². The summed E-state index contributed by atoms with van der Waals surface area (Å²) in [7, 11) is 6.40. The van der Waals surface area contributed by atoms with E-state index in [2.05, 4.69) is 71.1 Å². The predicted octanol–water partition coefficient (Wildman–Crippen LogP) is 2.72. The Morgan fingerprint density at radius 2 is 1.68 bits per heavy atom. The van der Waals surface area contributed by atoms with Crippen LogP contribution in [0.5, 0.6) is 0 Å². The average molecular weight is 328 g/mol. The van der Waals surface area contributed by atoms with Gasteiger partial charge in [-0.2, -0.15) is 0 Å². The van der Waals surface area contributed by atoms with Crippen molar-refractivity contribution >= 4 is 15.9 Å². The van der Waals surface area contributed by atoms with Gasteiger partial charge in [0.05, 0.1) is 0 Å². The molecule has 0 saturated carbocycles. The highest BCUT2D eigenvalue weighted by Gasteiger charge is 2.07. The van der Waals surface area contributed by atoms with E-state index in [1.807, 2.05) is 0 Å². The van der Waals surface area contributed by atoms with E-state index >= 15 is 0 Å². The highest BCUT2D eigenvalue weighted by Crippen LogP contribution is 2.17. The molecule has 3 nitrogen and oxygen atoms in total. The molecule has 108 valence electrons. The first-order valence-electron chi connectivity index (χ1n) is 6.83. The lowest BCUT2D eigenvalue weighted by molar-refractivity contribution is 0.291. The van der Waals surface area contributed by atoms with Crippen molar-refractivity contribution in [2.75, 3.05) is 40.8 Å². The number of nitrogens with two attached hydrogens (primary N) is 1. The molecule has 1 unspecified atom stereocenters. The highest BCUT2D eigenvalue weighted by atomic mass is 79.9. The second kappa shape index (κ2) is 8.69. The Morgan fingerprint density at radius 1 is 1.05 bits per heavy atom. The van der Waals surface area contributed by atoms with Gasteiger partial charge in [0.25, 0.3) is 0 Å². The molecule has 0 heterocycles. The monoisotopic (exact) mass is 327 g/mol. The lowest BCUT2D eigenvalue weighted by atomic mass is 10.0. The number of nitrogens with zero attached hydrogens (tertiary/aromatic N) is 2. The molecule has 2 N–H and O–H groups in total. The number of benzene rings is 1. The Labute approximate surface area is 125 Å². The van der Waals surface area contributed by atoms with Crippen LogP contribution in [0.15, 0.2) is 28.7 Å². The van der Waals surface area contributed by atoms with Crippen LogP contribution in [0.4, 0.5) is 0 Å². The van der Waals surface area contributed by atoms with Gasteiger partial charge in [-0.25, -0.2) is 0 Å². The fourth-order valence-corrected chi connectivity index (χ4v) is 2.27. The summed E-state index contributed by atoms with van der Waals surface area (Å²) in [5, 5.41) is 0. The smallest absolute Gasteiger partial charge is 0.0307 e. The van der Waals surface area contributed by atoms with Gasteiger partial charge in [0.15, 0.2) is 0 Å². The number of hydrogen-bond acceptors (Lipinski definition) is 3. The van der Waals surface area contributed by atoms with Crippen molar-refractivity contribution in [3.05, 3.63) is 34.3 Å². The minimum atomic E-state index is 0.129. The van der Waals surface area contributed by atoms with Gasteiger partial charge in [0.2, 0.25) is 0 Å². The molecule has 19 heavy (non-hydrogen) atoms. The van der Waals surface area contributed by atoms with Crippen molar-refractivity contribution < 1.29 is 0 Å². The molecule has 1 atom stereocenters. The van der Waals surface area contributed by atoms with Crippen LogP contribution in [-0.4, -0.2) is 50.6 Å². The van der Waals surface area contributed by atoms with Crippen LogP contribution in [0, 0.1) is 0 Å². The van der Waals surface area contributed by atoms with Crippen molar-refractivity contribution in [2.45, 2.75) is 18.9 Å². The summed E-state index contributed by atoms with van der Waals surface area (Å²) in [6.07, 6.45) is 2.21. The van der Waals surface area contributed by atoms with Gasteiger partial charge in [0, 0.05) is 10.5 Å². The van der Waals surface area contributed by atoms with E-state index < -0.39 is 0 Å². The molecule has 0 fully saturated rings. The molecule has 0 aromatic heterocycles. The Balaban J connectivity index is 2.25. The first kappa shape index (κ1) is 16.6. The molecule has 0 spiro atoms. The van der Waals surface area contributed by atoms with Crippen LogP contribution in [0.25, 0.3) is 0 Å². The lowest BCUT2D eigenvalue weighted by Crippen LogP contribution is -2.27. The lowest BCUT2D eigenvalue weighted by Gasteiger charge is -2.20. The maximum absolute atomic E-state index is 6.22. The maximum atomic E-state index is 6.22. The van der Waals surface area contributed by atoms with Crippen LogP contribution < -0.4 is 5.73 Å². The van der Waals surface area contributed by atoms with E-state index in [1.54, 1.807) is 0 Å². The minimum absolute atomic E-state index is 0.129. The molecule has 1 rings (SSSR count). The number of rotatable bonds is 8. The van der Waals surface area contributed by atoms with E-state index in [4.69, 9.17) is 5.73 Å². The molecule has 0 radical (unpaired) electrons. The summed E-state index contributed by atoms with van der Waals surface area (Å²) >= 11 is 3.44. The molecule has 0 bridgehead atoms. The zero-order chi connectivity index (χ0) is 14.3. The van der Waals surface area contributed by atoms with Crippen molar-refractivity contribution in [3.8, 4) is 0 Å². The second-order valence-electron chi connectivity index (χ2n) is 5.41. The minimum Gasteiger partial charge on any atom is -0.324 e. The van der Waals surface area contributed by atoms with E-state index in [-0.39, 0.29) is 6.04 Å². The zero-order valence-electron chi connectivity index (χ0n) is 12.3. The van der Waals surface area contributed by atoms with Crippen LogP contribution in [0.1, 0.15) is 24.4 Å². The SMILES string of the molecule is CN(C)CCCN(C)CCC(N)c1ccc(Br)cc1. The zero-order valence-corrected chi connectivity index (χ0v) is 13.9. The molecular weight excluding hydrogens is 302 g/mol. The molecule has 1 aromatic rings. The molecule has 0 amide bonds. The van der Waals surface area contributed by atoms with E-state index in [9.17, 15) is 0 Å². The van der Waals surface area contributed by atoms with E-state index in [0.29, 0.717) is 0 Å². The Kier molecular flexibility index (Phi) is 7.61. The molecule has 4 heteroatoms. The molecule has 1 aromatic carbocycles. The topological polar surface area (TPSA) is 32.5 Å². The van der Waals surface area contributed by atoms with Gasteiger partial charge < -0.3 is 15.5 Å². The maximum Gasteiger partial charge on any atom is 0.0307 e. The Morgan fingerprint density at radius 3 is 2.26 bits per heavy atom. The Hall–Kier alpha value is -0.420. The highest BCUT2D eigenvalue weighted by molar-refractivity contribution is 9.10. The number of halogens is 1. The summed E-state index contributed by atoms with van der Waals surface area (Å²) in [6, 6.07) is 8.43. The molecular formula is C15H26BrN3. The third kappa shape index (κ3) is 7.06. The van der Waals surface area contributed by atoms with Gasteiger partial charge in [-0.3, -0.25) is 0 Å². The van der Waals surface area contributed by atoms with Crippen molar-refractivity contribution in [1.29, 1.82) is 0 Å². The summed E-state index contributed by atoms with van der Waals surface area (Å²) in [5.74, 6) is 0. The van der Waals surface area contributed by atoms with Crippen molar-refractivity contribution in [1.82, 2.24) is 9.80 Å². The standard InChI is InChI=1S/C15H26BrN3/c1-18(2)10-4-11-19(3)12-9-15(17)13-5-7-14(16)8-6-13/h5-8,15H,4,9-12,17H2,1-3H3. The largest absolute Gasteiger partial charge is 0.324 e. The predicted molar refractivity (Wildman–Crippen MR) is 86.4 cm³/mol. The molecule has 0 aliphatic rings. The van der Waals surface area contributed by atoms with Gasteiger partial charge in [-0.1, -0.05) is 28.1 Å². The Bertz CT molecular complexity index is 351. The van der Waals surface area contributed by atoms with Crippen molar-refractivity contribution in [3.63, 3.8) is 0 Å². The molecule has 0 aliphatic carbocycles. The summed E-state index contributed by atoms with van der Waals surface area (Å²) in [5.41, 5.74) is 7.43. The molecule has 0 saturated heterocycles. The number of hydrogen-bond donors (Lipinski definition) is 1. The fourth-order valence-electron chi connectivity index (χ4n) is 2.00. The van der Waals surface area contributed by atoms with Crippen LogP contribution in [0.3, 0.4) is 0 Å². The van der Waals surface area contributed by atoms with Gasteiger partial charge in [-0.15, -0.1) is 0 Å². The van der Waals surface area contributed by atoms with Crippen molar-refractivity contribution in [2.24, 2.45) is 5.73 Å². The van der Waals surface area contributed by atoms with E-state index in [1.165, 1.54) is 12.0 Å². The second-order valence-corrected chi connectivity index (χ2v) is 6.32. The van der Waals surface area contributed by atoms with Gasteiger partial charge in [-0.05, 0) is 71.3 Å². The van der Waals surface area contributed by atoms with Crippen LogP contribution >= 0.6 is 15.9 Å². The van der Waals surface area contributed by atoms with Gasteiger partial charge >= 0.3 is 0 Å². The quantitative estimate of drug-likeness (QED) is 0.796. The normalized spacial score (nSPS) is 13.2. The fraction of sp³-hybridized carbons (Fsp3) is 0.600. The summed E-state index contributed by atoms with van der Waals surface area (Å²) < 4.78 is 1.10. The van der Waals surface area contributed by atoms with Crippen LogP contribution in [0.2, 0.25) is 0 Å². The first-order valence-corrected chi connectivity index (χ1v) is 7.62. The average Bonchev–Trinajstić information content (AvgIpc) is 2.36. The summed E-state index contributed by atoms with van der Waals surface area (Å²) in [6.45, 7) is 3.32. The van der Waals surface area contributed by atoms with Gasteiger partial charge in [0.1, 0.15) is 0 Å². The van der Waals surface area contributed by atoms with Crippen LogP contribution in [-0.2, 0) is 0 Å². The summed E-state index contributed by atoms with van der Waals surface area (Å²) in [4.78, 5) is 4.59. The third-order valence-electron chi connectivity index (χ3n) is 3.27. The molecule has 0 aliphatic heterocycles. The first-order chi connectivity index (χ1) is 8.99. The third-order valence-corrected chi connectivity index (χ3v) is 3.79.